The molecule has 1 unspecified atom stereocenters. The van der Waals surface area contributed by atoms with E-state index in [0.29, 0.717) is 12.8 Å². The van der Waals surface area contributed by atoms with Crippen LogP contribution in [0.15, 0.2) is 11.8 Å². The van der Waals surface area contributed by atoms with Gasteiger partial charge in [0, 0.05) is 0 Å². The summed E-state index contributed by atoms with van der Waals surface area (Å²) in [5.41, 5.74) is 0.106. The maximum absolute atomic E-state index is 10.4. The van der Waals surface area contributed by atoms with Gasteiger partial charge in [0.25, 0.3) is 0 Å². The Hall–Kier alpha value is -1.03. The van der Waals surface area contributed by atoms with Crippen molar-refractivity contribution in [1.29, 1.82) is 0 Å². The van der Waals surface area contributed by atoms with E-state index in [9.17, 15) is 4.79 Å². The van der Waals surface area contributed by atoms with Gasteiger partial charge >= 0.3 is 5.97 Å². The summed E-state index contributed by atoms with van der Waals surface area (Å²) in [7, 11) is 0. The molecule has 0 aromatic rings. The zero-order chi connectivity index (χ0) is 8.27. The van der Waals surface area contributed by atoms with Crippen molar-refractivity contribution in [3.05, 3.63) is 11.8 Å². The molecule has 0 fully saturated rings. The third-order valence-corrected chi connectivity index (χ3v) is 1.58. The Bertz CT molecular complexity index is 188. The Morgan fingerprint density at radius 1 is 1.73 bits per heavy atom. The summed E-state index contributed by atoms with van der Waals surface area (Å²) < 4.78 is 0. The first-order valence-electron chi connectivity index (χ1n) is 3.58. The Morgan fingerprint density at radius 2 is 2.45 bits per heavy atom. The lowest BCUT2D eigenvalue weighted by molar-refractivity contribution is -0.133. The summed E-state index contributed by atoms with van der Waals surface area (Å²) in [4.78, 5) is 10.4. The Morgan fingerprint density at radius 3 is 3.09 bits per heavy atom. The van der Waals surface area contributed by atoms with Crippen LogP contribution in [0.2, 0.25) is 0 Å². The van der Waals surface area contributed by atoms with Crippen LogP contribution in [0.5, 0.6) is 0 Å². The van der Waals surface area contributed by atoms with Crippen LogP contribution in [-0.2, 0) is 4.79 Å². The molecule has 0 aromatic heterocycles. The van der Waals surface area contributed by atoms with Crippen molar-refractivity contribution in [2.45, 2.75) is 25.5 Å². The third kappa shape index (κ3) is 2.23. The van der Waals surface area contributed by atoms with E-state index in [0.717, 1.165) is 6.42 Å². The fourth-order valence-corrected chi connectivity index (χ4v) is 1.02. The van der Waals surface area contributed by atoms with Crippen molar-refractivity contribution in [3.63, 3.8) is 0 Å². The van der Waals surface area contributed by atoms with Crippen LogP contribution in [0.25, 0.3) is 0 Å². The maximum atomic E-state index is 10.4. The zero-order valence-corrected chi connectivity index (χ0v) is 6.08. The van der Waals surface area contributed by atoms with Crippen molar-refractivity contribution in [3.8, 4) is 0 Å². The van der Waals surface area contributed by atoms with Gasteiger partial charge in [0.2, 0.25) is 0 Å². The van der Waals surface area contributed by atoms with Crippen LogP contribution in [-0.4, -0.2) is 22.4 Å². The summed E-state index contributed by atoms with van der Waals surface area (Å²) in [5, 5.41) is 20.1. The minimum absolute atomic E-state index is 0.106. The van der Waals surface area contributed by atoms with Crippen LogP contribution < -0.4 is 5.32 Å². The van der Waals surface area contributed by atoms with Gasteiger partial charge in [-0.25, -0.2) is 4.79 Å². The molecular weight excluding hydrogens is 146 g/mol. The minimum atomic E-state index is -1.01. The molecule has 1 aliphatic heterocycles. The van der Waals surface area contributed by atoms with Gasteiger partial charge in [-0.1, -0.05) is 6.08 Å². The van der Waals surface area contributed by atoms with Crippen LogP contribution in [0.4, 0.5) is 0 Å². The fraction of sp³-hybridized carbons (Fsp3) is 0.571. The lowest BCUT2D eigenvalue weighted by atomic mass is 10.2. The minimum Gasteiger partial charge on any atom is -0.477 e. The molecule has 1 rings (SSSR count). The van der Waals surface area contributed by atoms with Crippen LogP contribution in [0, 0.1) is 0 Å². The number of carbonyl (C=O) groups is 1. The largest absolute Gasteiger partial charge is 0.477 e. The third-order valence-electron chi connectivity index (χ3n) is 1.58. The second-order valence-corrected chi connectivity index (χ2v) is 2.51. The Kier molecular flexibility index (Phi) is 2.48. The van der Waals surface area contributed by atoms with E-state index in [2.05, 4.69) is 5.32 Å². The van der Waals surface area contributed by atoms with Gasteiger partial charge < -0.3 is 15.5 Å². The normalized spacial score (nSPS) is 24.8. The molecule has 0 amide bonds. The standard InChI is InChI=1S/C7H11NO3/c9-6-4-2-1-3-5(8-6)7(10)11/h3,6,8-9H,1-2,4H2,(H,10,11). The molecule has 0 aromatic carbocycles. The van der Waals surface area contributed by atoms with E-state index in [-0.39, 0.29) is 5.70 Å². The number of nitrogens with one attached hydrogen (secondary N) is 1. The van der Waals surface area contributed by atoms with Crippen LogP contribution in [0.1, 0.15) is 19.3 Å². The number of hydrogen-bond donors (Lipinski definition) is 3. The molecule has 11 heavy (non-hydrogen) atoms. The predicted octanol–water partition coefficient (Wildman–Crippen LogP) is 0.0468. The second-order valence-electron chi connectivity index (χ2n) is 2.51. The summed E-state index contributed by atoms with van der Waals surface area (Å²) >= 11 is 0. The Balaban J connectivity index is 2.62. The molecule has 1 aliphatic rings. The number of carboxylic acids is 1. The van der Waals surface area contributed by atoms with Gasteiger partial charge in [-0.3, -0.25) is 0 Å². The summed E-state index contributed by atoms with van der Waals surface area (Å²) in [6, 6.07) is 0. The van der Waals surface area contributed by atoms with E-state index in [1.165, 1.54) is 0 Å². The molecule has 0 saturated heterocycles. The van der Waals surface area contributed by atoms with Gasteiger partial charge in [-0.15, -0.1) is 0 Å². The molecule has 4 heteroatoms. The molecule has 1 heterocycles. The highest BCUT2D eigenvalue weighted by Gasteiger charge is 2.13. The lowest BCUT2D eigenvalue weighted by Gasteiger charge is -2.09. The highest BCUT2D eigenvalue weighted by molar-refractivity contribution is 5.85. The van der Waals surface area contributed by atoms with Gasteiger partial charge in [-0.2, -0.15) is 0 Å². The SMILES string of the molecule is O=C(O)C1=CCCCC(O)N1. The van der Waals surface area contributed by atoms with Gasteiger partial charge in [-0.05, 0) is 19.3 Å². The highest BCUT2D eigenvalue weighted by atomic mass is 16.4. The van der Waals surface area contributed by atoms with Crippen molar-refractivity contribution >= 4 is 5.97 Å². The first kappa shape index (κ1) is 8.07. The Labute approximate surface area is 64.5 Å². The van der Waals surface area contributed by atoms with Crippen molar-refractivity contribution in [1.82, 2.24) is 5.32 Å². The number of carboxylic acid groups (broad SMARTS) is 1. The molecule has 4 nitrogen and oxygen atoms in total. The molecule has 0 saturated carbocycles. The maximum Gasteiger partial charge on any atom is 0.351 e. The van der Waals surface area contributed by atoms with Crippen LogP contribution in [0.3, 0.4) is 0 Å². The van der Waals surface area contributed by atoms with E-state index in [1.54, 1.807) is 6.08 Å². The summed E-state index contributed by atoms with van der Waals surface area (Å²) in [6.45, 7) is 0. The number of hydrogen-bond acceptors (Lipinski definition) is 3. The molecule has 3 N–H and O–H groups in total. The van der Waals surface area contributed by atoms with Gasteiger partial charge in [0.1, 0.15) is 11.9 Å². The smallest absolute Gasteiger partial charge is 0.351 e. The quantitative estimate of drug-likeness (QED) is 0.503. The molecule has 62 valence electrons. The van der Waals surface area contributed by atoms with E-state index in [4.69, 9.17) is 10.2 Å². The van der Waals surface area contributed by atoms with Crippen molar-refractivity contribution in [2.24, 2.45) is 0 Å². The zero-order valence-electron chi connectivity index (χ0n) is 6.08. The molecule has 0 spiro atoms. The van der Waals surface area contributed by atoms with E-state index < -0.39 is 12.2 Å². The second kappa shape index (κ2) is 3.39. The summed E-state index contributed by atoms with van der Waals surface area (Å²) in [5.74, 6) is -1.01. The molecule has 0 radical (unpaired) electrons. The monoisotopic (exact) mass is 157 g/mol. The average molecular weight is 157 g/mol. The number of aliphatic hydroxyl groups is 1. The lowest BCUT2D eigenvalue weighted by Crippen LogP contribution is -2.30. The van der Waals surface area contributed by atoms with Crippen molar-refractivity contribution < 1.29 is 15.0 Å². The topological polar surface area (TPSA) is 69.6 Å². The number of aliphatic hydroxyl groups excluding tert-OH is 1. The first-order chi connectivity index (χ1) is 5.20. The summed E-state index contributed by atoms with van der Waals surface area (Å²) in [6.07, 6.45) is 3.03. The fourth-order valence-electron chi connectivity index (χ4n) is 1.02. The van der Waals surface area contributed by atoms with Crippen molar-refractivity contribution in [2.75, 3.05) is 0 Å². The van der Waals surface area contributed by atoms with E-state index >= 15 is 0 Å². The molecular formula is C7H11NO3. The molecule has 0 bridgehead atoms. The molecule has 0 aliphatic carbocycles. The van der Waals surface area contributed by atoms with Crippen LogP contribution >= 0.6 is 0 Å². The number of aliphatic carboxylic acids is 1. The average Bonchev–Trinajstić information content (AvgIpc) is 2.13. The number of rotatable bonds is 1. The predicted molar refractivity (Wildman–Crippen MR) is 38.7 cm³/mol. The van der Waals surface area contributed by atoms with Gasteiger partial charge in [0.05, 0.1) is 0 Å². The number of allylic oxidation sites excluding steroid dienone is 1. The first-order valence-corrected chi connectivity index (χ1v) is 3.58. The highest BCUT2D eigenvalue weighted by Crippen LogP contribution is 2.08. The van der Waals surface area contributed by atoms with Gasteiger partial charge in [0.15, 0.2) is 0 Å². The molecule has 1 atom stereocenters. The van der Waals surface area contributed by atoms with E-state index in [1.807, 2.05) is 0 Å².